The Labute approximate surface area is 147 Å². The third-order valence-electron chi connectivity index (χ3n) is 5.08. The fraction of sp³-hybridized carbons (Fsp3) is 0.474. The van der Waals surface area contributed by atoms with Gasteiger partial charge in [0.05, 0.1) is 17.8 Å². The molecule has 0 aromatic heterocycles. The quantitative estimate of drug-likeness (QED) is 0.913. The maximum absolute atomic E-state index is 10.9. The van der Waals surface area contributed by atoms with Crippen molar-refractivity contribution in [3.05, 3.63) is 40.8 Å². The summed E-state index contributed by atoms with van der Waals surface area (Å²) in [6, 6.07) is 9.82. The van der Waals surface area contributed by atoms with Crippen LogP contribution in [0.3, 0.4) is 0 Å². The van der Waals surface area contributed by atoms with Crippen LogP contribution in [0.4, 0.5) is 0 Å². The zero-order chi connectivity index (χ0) is 16.5. The van der Waals surface area contributed by atoms with Crippen LogP contribution in [-0.4, -0.2) is 34.6 Å². The Morgan fingerprint density at radius 1 is 1.29 bits per heavy atom. The number of fused-ring (bicyclic) bond motifs is 3. The Bertz CT molecular complexity index is 695. The van der Waals surface area contributed by atoms with Crippen LogP contribution in [-0.2, 0) is 11.2 Å². The van der Waals surface area contributed by atoms with Crippen molar-refractivity contribution >= 4 is 28.5 Å². The molecule has 1 saturated carbocycles. The Hall–Kier alpha value is -1.75. The minimum absolute atomic E-state index is 0.0302. The summed E-state index contributed by atoms with van der Waals surface area (Å²) in [7, 11) is 0. The zero-order valence-electron chi connectivity index (χ0n) is 14.0. The standard InChI is InChI=1S/C19H23N3OS/c1-13(23)20-11-10-14-6-8-15(9-7-14)18-12-24-19-21-16-4-2-3-5-17(16)22(18)19/h6-9,12,16-17H,2-5,10-11H2,1H3,(H,20,23)/t16-,17-/m0/s1. The van der Waals surface area contributed by atoms with E-state index in [2.05, 4.69) is 39.9 Å². The van der Waals surface area contributed by atoms with E-state index in [1.54, 1.807) is 18.7 Å². The normalized spacial score (nSPS) is 25.0. The van der Waals surface area contributed by atoms with Crippen molar-refractivity contribution in [2.24, 2.45) is 4.99 Å². The van der Waals surface area contributed by atoms with Gasteiger partial charge >= 0.3 is 0 Å². The summed E-state index contributed by atoms with van der Waals surface area (Å²) >= 11 is 1.77. The predicted octanol–water partition coefficient (Wildman–Crippen LogP) is 3.39. The van der Waals surface area contributed by atoms with Crippen LogP contribution < -0.4 is 5.32 Å². The van der Waals surface area contributed by atoms with E-state index in [0.29, 0.717) is 18.6 Å². The first kappa shape index (κ1) is 15.8. The number of carbonyl (C=O) groups is 1. The van der Waals surface area contributed by atoms with Gasteiger partial charge in [0, 0.05) is 18.9 Å². The van der Waals surface area contributed by atoms with Gasteiger partial charge in [-0.2, -0.15) is 0 Å². The molecule has 1 fully saturated rings. The van der Waals surface area contributed by atoms with E-state index in [-0.39, 0.29) is 5.91 Å². The SMILES string of the molecule is CC(=O)NCCc1ccc(C2=CSC3=N[C@H]4CCCC[C@@H]4N23)cc1. The van der Waals surface area contributed by atoms with Crippen molar-refractivity contribution in [1.29, 1.82) is 0 Å². The average Bonchev–Trinajstić information content (AvgIpc) is 3.14. The van der Waals surface area contributed by atoms with Crippen LogP contribution in [0.5, 0.6) is 0 Å². The molecule has 1 aromatic carbocycles. The lowest BCUT2D eigenvalue weighted by molar-refractivity contribution is -0.118. The molecule has 0 unspecified atom stereocenters. The minimum Gasteiger partial charge on any atom is -0.356 e. The van der Waals surface area contributed by atoms with E-state index in [9.17, 15) is 4.79 Å². The molecule has 1 aromatic rings. The second-order valence-corrected chi connectivity index (χ2v) is 7.59. The lowest BCUT2D eigenvalue weighted by Crippen LogP contribution is -2.38. The van der Waals surface area contributed by atoms with Gasteiger partial charge in [-0.15, -0.1) is 0 Å². The molecule has 5 heteroatoms. The van der Waals surface area contributed by atoms with Crippen molar-refractivity contribution in [2.75, 3.05) is 6.54 Å². The fourth-order valence-electron chi connectivity index (χ4n) is 3.86. The smallest absolute Gasteiger partial charge is 0.216 e. The Morgan fingerprint density at radius 3 is 2.88 bits per heavy atom. The number of amidine groups is 1. The molecular formula is C19H23N3OS. The number of amides is 1. The van der Waals surface area contributed by atoms with E-state index in [4.69, 9.17) is 4.99 Å². The molecule has 126 valence electrons. The summed E-state index contributed by atoms with van der Waals surface area (Å²) in [5.74, 6) is 0.0302. The molecule has 1 aliphatic carbocycles. The first-order valence-electron chi connectivity index (χ1n) is 8.80. The number of hydrogen-bond acceptors (Lipinski definition) is 4. The minimum atomic E-state index is 0.0302. The highest BCUT2D eigenvalue weighted by molar-refractivity contribution is 8.16. The third-order valence-corrected chi connectivity index (χ3v) is 5.93. The summed E-state index contributed by atoms with van der Waals surface area (Å²) in [4.78, 5) is 18.4. The van der Waals surface area contributed by atoms with E-state index in [1.807, 2.05) is 0 Å². The van der Waals surface area contributed by atoms with E-state index >= 15 is 0 Å². The summed E-state index contributed by atoms with van der Waals surface area (Å²) in [5, 5.41) is 6.28. The lowest BCUT2D eigenvalue weighted by Gasteiger charge is -2.32. The largest absolute Gasteiger partial charge is 0.356 e. The Kier molecular flexibility index (Phi) is 4.35. The van der Waals surface area contributed by atoms with E-state index < -0.39 is 0 Å². The molecule has 0 radical (unpaired) electrons. The van der Waals surface area contributed by atoms with Gasteiger partial charge in [0.1, 0.15) is 0 Å². The Morgan fingerprint density at radius 2 is 2.08 bits per heavy atom. The predicted molar refractivity (Wildman–Crippen MR) is 99.7 cm³/mol. The molecule has 24 heavy (non-hydrogen) atoms. The van der Waals surface area contributed by atoms with E-state index in [1.165, 1.54) is 47.7 Å². The van der Waals surface area contributed by atoms with E-state index in [0.717, 1.165) is 6.42 Å². The number of rotatable bonds is 4. The monoisotopic (exact) mass is 341 g/mol. The second kappa shape index (κ2) is 6.63. The maximum atomic E-state index is 10.9. The van der Waals surface area contributed by atoms with Crippen LogP contribution in [0.2, 0.25) is 0 Å². The zero-order valence-corrected chi connectivity index (χ0v) is 14.8. The molecule has 0 saturated heterocycles. The fourth-order valence-corrected chi connectivity index (χ4v) is 4.87. The summed E-state index contributed by atoms with van der Waals surface area (Å²) < 4.78 is 0. The molecule has 4 rings (SSSR count). The maximum Gasteiger partial charge on any atom is 0.216 e. The Balaban J connectivity index is 1.46. The van der Waals surface area contributed by atoms with Crippen LogP contribution >= 0.6 is 11.8 Å². The summed E-state index contributed by atoms with van der Waals surface area (Å²) in [6.45, 7) is 2.25. The molecule has 2 heterocycles. The van der Waals surface area contributed by atoms with Gasteiger partial charge in [-0.25, -0.2) is 0 Å². The number of carbonyl (C=O) groups excluding carboxylic acids is 1. The van der Waals surface area contributed by atoms with Gasteiger partial charge in [0.2, 0.25) is 5.91 Å². The molecule has 0 bridgehead atoms. The highest BCUT2D eigenvalue weighted by atomic mass is 32.2. The van der Waals surface area contributed by atoms with Crippen LogP contribution in [0.15, 0.2) is 34.7 Å². The van der Waals surface area contributed by atoms with Gasteiger partial charge in [0.25, 0.3) is 0 Å². The van der Waals surface area contributed by atoms with Gasteiger partial charge in [-0.1, -0.05) is 48.9 Å². The molecule has 4 nitrogen and oxygen atoms in total. The van der Waals surface area contributed by atoms with Gasteiger partial charge in [-0.05, 0) is 30.4 Å². The third kappa shape index (κ3) is 2.97. The number of aliphatic imine (C=N–C) groups is 1. The van der Waals surface area contributed by atoms with Gasteiger partial charge in [-0.3, -0.25) is 9.79 Å². The van der Waals surface area contributed by atoms with Crippen molar-refractivity contribution in [3.63, 3.8) is 0 Å². The molecule has 1 N–H and O–H groups in total. The average molecular weight is 341 g/mol. The van der Waals surface area contributed by atoms with Crippen molar-refractivity contribution in [2.45, 2.75) is 51.1 Å². The topological polar surface area (TPSA) is 44.7 Å². The summed E-state index contributed by atoms with van der Waals surface area (Å²) in [6.07, 6.45) is 6.00. The highest BCUT2D eigenvalue weighted by Gasteiger charge is 2.41. The van der Waals surface area contributed by atoms with Crippen molar-refractivity contribution in [1.82, 2.24) is 10.2 Å². The van der Waals surface area contributed by atoms with Crippen molar-refractivity contribution < 1.29 is 4.79 Å². The molecule has 2 aliphatic heterocycles. The lowest BCUT2D eigenvalue weighted by atomic mass is 9.90. The van der Waals surface area contributed by atoms with Crippen LogP contribution in [0, 0.1) is 0 Å². The summed E-state index contributed by atoms with van der Waals surface area (Å²) in [5.41, 5.74) is 3.83. The molecular weight excluding hydrogens is 318 g/mol. The van der Waals surface area contributed by atoms with Gasteiger partial charge in [0.15, 0.2) is 5.17 Å². The van der Waals surface area contributed by atoms with Crippen LogP contribution in [0.25, 0.3) is 5.70 Å². The molecule has 1 amide bonds. The second-order valence-electron chi connectivity index (χ2n) is 6.75. The van der Waals surface area contributed by atoms with Crippen LogP contribution in [0.1, 0.15) is 43.7 Å². The number of nitrogens with one attached hydrogen (secondary N) is 1. The number of thioether (sulfide) groups is 1. The highest BCUT2D eigenvalue weighted by Crippen LogP contribution is 2.43. The number of hydrogen-bond donors (Lipinski definition) is 1. The molecule has 0 spiro atoms. The first-order chi connectivity index (χ1) is 11.7. The van der Waals surface area contributed by atoms with Crippen molar-refractivity contribution in [3.8, 4) is 0 Å². The molecule has 3 aliphatic rings. The number of benzene rings is 1. The van der Waals surface area contributed by atoms with Gasteiger partial charge < -0.3 is 10.2 Å². The first-order valence-corrected chi connectivity index (χ1v) is 9.68. The number of nitrogens with zero attached hydrogens (tertiary/aromatic N) is 2. The molecule has 2 atom stereocenters.